The maximum atomic E-state index is 5.91. The molecule has 16 heavy (non-hydrogen) atoms. The zero-order valence-corrected chi connectivity index (χ0v) is 9.30. The van der Waals surface area contributed by atoms with E-state index in [-0.39, 0.29) is 0 Å². The van der Waals surface area contributed by atoms with Gasteiger partial charge in [-0.25, -0.2) is 0 Å². The van der Waals surface area contributed by atoms with E-state index in [1.165, 1.54) is 0 Å². The normalized spacial score (nSPS) is 10.1. The molecule has 0 saturated carbocycles. The molecule has 0 amide bonds. The van der Waals surface area contributed by atoms with E-state index < -0.39 is 5.75 Å². The maximum absolute atomic E-state index is 5.91. The number of hydrogen-bond acceptors (Lipinski definition) is 2. The summed E-state index contributed by atoms with van der Waals surface area (Å²) >= 11 is 5.91. The summed E-state index contributed by atoms with van der Waals surface area (Å²) in [5.41, 5.74) is 0. The second-order valence-corrected chi connectivity index (χ2v) is 3.49. The molecule has 0 bridgehead atoms. The molecule has 0 aliphatic rings. The summed E-state index contributed by atoms with van der Waals surface area (Å²) in [5, 5.41) is 0. The molecule has 0 spiro atoms. The first kappa shape index (κ1) is 10.8. The molecule has 0 radical (unpaired) electrons. The maximum Gasteiger partial charge on any atom is 0.322 e. The molecular weight excluding hydrogens is 224 g/mol. The van der Waals surface area contributed by atoms with Gasteiger partial charge in [0.05, 0.1) is 0 Å². The van der Waals surface area contributed by atoms with Crippen LogP contribution in [0.4, 0.5) is 0 Å². The Morgan fingerprint density at radius 1 is 0.688 bits per heavy atom. The minimum absolute atomic E-state index is 0.679. The van der Waals surface area contributed by atoms with Gasteiger partial charge in [-0.15, -0.1) is 0 Å². The van der Waals surface area contributed by atoms with Crippen molar-refractivity contribution in [1.29, 1.82) is 0 Å². The molecule has 0 saturated heterocycles. The third-order valence-corrected chi connectivity index (χ3v) is 2.12. The SMILES string of the molecule is ClC(Oc1ccccc1)Oc1ccccc1. The Hall–Kier alpha value is -1.67. The summed E-state index contributed by atoms with van der Waals surface area (Å²) in [5.74, 6) is 0.529. The second kappa shape index (κ2) is 5.42. The molecule has 0 aliphatic heterocycles. The molecule has 0 aromatic heterocycles. The van der Waals surface area contributed by atoms with Crippen LogP contribution >= 0.6 is 11.6 Å². The van der Waals surface area contributed by atoms with Crippen LogP contribution < -0.4 is 9.47 Å². The van der Waals surface area contributed by atoms with Crippen molar-refractivity contribution in [3.63, 3.8) is 0 Å². The topological polar surface area (TPSA) is 18.5 Å². The third kappa shape index (κ3) is 3.17. The van der Waals surface area contributed by atoms with E-state index in [4.69, 9.17) is 21.1 Å². The van der Waals surface area contributed by atoms with Gasteiger partial charge in [-0.2, -0.15) is 0 Å². The molecule has 2 nitrogen and oxygen atoms in total. The highest BCUT2D eigenvalue weighted by Gasteiger charge is 2.06. The molecular formula is C13H11ClO2. The van der Waals surface area contributed by atoms with Crippen LogP contribution in [0.25, 0.3) is 0 Å². The van der Waals surface area contributed by atoms with Gasteiger partial charge in [-0.05, 0) is 35.9 Å². The van der Waals surface area contributed by atoms with E-state index in [0.29, 0.717) is 11.5 Å². The Balaban J connectivity index is 1.92. The fraction of sp³-hybridized carbons (Fsp3) is 0.0769. The lowest BCUT2D eigenvalue weighted by molar-refractivity contribution is 0.0775. The van der Waals surface area contributed by atoms with E-state index in [2.05, 4.69) is 0 Å². The van der Waals surface area contributed by atoms with Crippen LogP contribution in [0.5, 0.6) is 11.5 Å². The number of benzene rings is 2. The number of alkyl halides is 1. The van der Waals surface area contributed by atoms with Gasteiger partial charge in [0.15, 0.2) is 0 Å². The van der Waals surface area contributed by atoms with E-state index >= 15 is 0 Å². The Morgan fingerprint density at radius 2 is 1.06 bits per heavy atom. The molecule has 0 fully saturated rings. The van der Waals surface area contributed by atoms with Crippen LogP contribution in [-0.4, -0.2) is 5.75 Å². The zero-order chi connectivity index (χ0) is 11.2. The number of ether oxygens (including phenoxy) is 2. The second-order valence-electron chi connectivity index (χ2n) is 3.14. The molecule has 0 unspecified atom stereocenters. The average molecular weight is 235 g/mol. The van der Waals surface area contributed by atoms with Gasteiger partial charge >= 0.3 is 5.75 Å². The Kier molecular flexibility index (Phi) is 3.67. The lowest BCUT2D eigenvalue weighted by Crippen LogP contribution is -2.16. The molecule has 2 aromatic carbocycles. The third-order valence-electron chi connectivity index (χ3n) is 1.94. The highest BCUT2D eigenvalue weighted by Crippen LogP contribution is 2.17. The quantitative estimate of drug-likeness (QED) is 0.594. The monoisotopic (exact) mass is 234 g/mol. The molecule has 3 heteroatoms. The molecule has 0 aliphatic carbocycles. The van der Waals surface area contributed by atoms with Crippen molar-refractivity contribution >= 4 is 11.6 Å². The summed E-state index contributed by atoms with van der Waals surface area (Å²) in [6.45, 7) is 0. The summed E-state index contributed by atoms with van der Waals surface area (Å²) < 4.78 is 10.7. The van der Waals surface area contributed by atoms with E-state index in [9.17, 15) is 0 Å². The highest BCUT2D eigenvalue weighted by molar-refractivity contribution is 6.19. The minimum Gasteiger partial charge on any atom is -0.442 e. The van der Waals surface area contributed by atoms with Gasteiger partial charge in [0.25, 0.3) is 0 Å². The summed E-state index contributed by atoms with van der Waals surface area (Å²) in [4.78, 5) is 0. The summed E-state index contributed by atoms with van der Waals surface area (Å²) in [6, 6.07) is 18.6. The van der Waals surface area contributed by atoms with Gasteiger partial charge in [0, 0.05) is 0 Å². The van der Waals surface area contributed by atoms with Crippen molar-refractivity contribution in [2.75, 3.05) is 0 Å². The van der Waals surface area contributed by atoms with Gasteiger partial charge < -0.3 is 9.47 Å². The predicted octanol–water partition coefficient (Wildman–Crippen LogP) is 3.67. The van der Waals surface area contributed by atoms with Gasteiger partial charge in [-0.1, -0.05) is 36.4 Å². The zero-order valence-electron chi connectivity index (χ0n) is 8.55. The minimum atomic E-state index is -0.829. The van der Waals surface area contributed by atoms with Gasteiger partial charge in [-0.3, -0.25) is 0 Å². The van der Waals surface area contributed by atoms with Crippen LogP contribution in [-0.2, 0) is 0 Å². The van der Waals surface area contributed by atoms with Crippen molar-refractivity contribution in [3.8, 4) is 11.5 Å². The average Bonchev–Trinajstić information content (AvgIpc) is 2.31. The number of halogens is 1. The fourth-order valence-corrected chi connectivity index (χ4v) is 1.44. The first-order valence-electron chi connectivity index (χ1n) is 4.92. The van der Waals surface area contributed by atoms with Crippen LogP contribution in [0.3, 0.4) is 0 Å². The van der Waals surface area contributed by atoms with Crippen LogP contribution in [0, 0.1) is 0 Å². The molecule has 82 valence electrons. The lowest BCUT2D eigenvalue weighted by Gasteiger charge is -2.14. The Labute approximate surface area is 99.4 Å². The van der Waals surface area contributed by atoms with Crippen LogP contribution in [0.2, 0.25) is 0 Å². The van der Waals surface area contributed by atoms with E-state index in [1.807, 2.05) is 60.7 Å². The number of hydrogen-bond donors (Lipinski definition) is 0. The fourth-order valence-electron chi connectivity index (χ4n) is 1.24. The standard InChI is InChI=1S/C13H11ClO2/c14-13(15-11-7-3-1-4-8-11)16-12-9-5-2-6-10-12/h1-10,13H. The van der Waals surface area contributed by atoms with Crippen molar-refractivity contribution in [1.82, 2.24) is 0 Å². The van der Waals surface area contributed by atoms with Gasteiger partial charge in [0.2, 0.25) is 0 Å². The highest BCUT2D eigenvalue weighted by atomic mass is 35.5. The first-order chi connectivity index (χ1) is 7.84. The van der Waals surface area contributed by atoms with Crippen LogP contribution in [0.15, 0.2) is 60.7 Å². The molecule has 2 rings (SSSR count). The van der Waals surface area contributed by atoms with Gasteiger partial charge in [0.1, 0.15) is 11.5 Å². The van der Waals surface area contributed by atoms with Crippen molar-refractivity contribution < 1.29 is 9.47 Å². The molecule has 0 N–H and O–H groups in total. The van der Waals surface area contributed by atoms with E-state index in [1.54, 1.807) is 0 Å². The lowest BCUT2D eigenvalue weighted by atomic mass is 10.3. The Bertz CT molecular complexity index is 375. The largest absolute Gasteiger partial charge is 0.442 e. The van der Waals surface area contributed by atoms with Crippen molar-refractivity contribution in [2.24, 2.45) is 0 Å². The van der Waals surface area contributed by atoms with E-state index in [0.717, 1.165) is 0 Å². The molecule has 2 aromatic rings. The number of rotatable bonds is 4. The predicted molar refractivity (Wildman–Crippen MR) is 63.8 cm³/mol. The van der Waals surface area contributed by atoms with Crippen molar-refractivity contribution in [3.05, 3.63) is 60.7 Å². The Morgan fingerprint density at radius 3 is 1.44 bits per heavy atom. The van der Waals surface area contributed by atoms with Crippen molar-refractivity contribution in [2.45, 2.75) is 5.75 Å². The first-order valence-corrected chi connectivity index (χ1v) is 5.36. The smallest absolute Gasteiger partial charge is 0.322 e. The molecule has 0 heterocycles. The van der Waals surface area contributed by atoms with Crippen LogP contribution in [0.1, 0.15) is 0 Å². The summed E-state index contributed by atoms with van der Waals surface area (Å²) in [6.07, 6.45) is 0. The summed E-state index contributed by atoms with van der Waals surface area (Å²) in [7, 11) is 0. The number of para-hydroxylation sites is 2. The molecule has 0 atom stereocenters.